The second-order valence-corrected chi connectivity index (χ2v) is 5.54. The summed E-state index contributed by atoms with van der Waals surface area (Å²) in [7, 11) is 2.88. The fraction of sp³-hybridized carbons (Fsp3) is 0.211. The lowest BCUT2D eigenvalue weighted by Crippen LogP contribution is -2.08. The number of rotatable bonds is 4. The SMILES string of the molecule is COC(=O)c1cccc(Cn2ccc3c(C)c(OC)ccc32)c1F. The number of hydrogen-bond donors (Lipinski definition) is 0. The Kier molecular flexibility index (Phi) is 4.25. The zero-order chi connectivity index (χ0) is 17.3. The molecule has 0 aliphatic rings. The molecule has 1 heterocycles. The Morgan fingerprint density at radius 2 is 1.96 bits per heavy atom. The summed E-state index contributed by atoms with van der Waals surface area (Å²) >= 11 is 0. The lowest BCUT2D eigenvalue weighted by atomic mass is 10.1. The zero-order valence-electron chi connectivity index (χ0n) is 13.8. The summed E-state index contributed by atoms with van der Waals surface area (Å²) in [6, 6.07) is 10.6. The summed E-state index contributed by atoms with van der Waals surface area (Å²) in [6.45, 7) is 2.32. The Balaban J connectivity index is 2.02. The Morgan fingerprint density at radius 3 is 2.67 bits per heavy atom. The van der Waals surface area contributed by atoms with Crippen molar-refractivity contribution >= 4 is 16.9 Å². The summed E-state index contributed by atoms with van der Waals surface area (Å²) in [6.07, 6.45) is 1.90. The Morgan fingerprint density at radius 1 is 1.17 bits per heavy atom. The van der Waals surface area contributed by atoms with E-state index in [1.54, 1.807) is 19.2 Å². The minimum absolute atomic E-state index is 0.0516. The fourth-order valence-electron chi connectivity index (χ4n) is 2.91. The highest BCUT2D eigenvalue weighted by Crippen LogP contribution is 2.28. The summed E-state index contributed by atoms with van der Waals surface area (Å²) < 4.78 is 26.5. The molecule has 0 bridgehead atoms. The first-order valence-electron chi connectivity index (χ1n) is 7.55. The minimum Gasteiger partial charge on any atom is -0.496 e. The number of esters is 1. The molecule has 0 saturated carbocycles. The number of methoxy groups -OCH3 is 2. The van der Waals surface area contributed by atoms with Crippen LogP contribution in [-0.4, -0.2) is 24.8 Å². The van der Waals surface area contributed by atoms with Crippen molar-refractivity contribution in [2.75, 3.05) is 14.2 Å². The Bertz CT molecular complexity index is 914. The average molecular weight is 327 g/mol. The van der Waals surface area contributed by atoms with E-state index in [0.717, 1.165) is 22.2 Å². The molecule has 4 nitrogen and oxygen atoms in total. The minimum atomic E-state index is -0.674. The third-order valence-corrected chi connectivity index (χ3v) is 4.22. The van der Waals surface area contributed by atoms with Crippen molar-refractivity contribution < 1.29 is 18.7 Å². The molecule has 0 saturated heterocycles. The van der Waals surface area contributed by atoms with Gasteiger partial charge in [-0.1, -0.05) is 12.1 Å². The van der Waals surface area contributed by atoms with E-state index in [4.69, 9.17) is 4.74 Å². The molecular weight excluding hydrogens is 309 g/mol. The molecule has 0 amide bonds. The van der Waals surface area contributed by atoms with Crippen LogP contribution in [0.2, 0.25) is 0 Å². The molecule has 5 heteroatoms. The second kappa shape index (κ2) is 6.35. The standard InChI is InChI=1S/C19H18FNO3/c1-12-14-9-10-21(16(14)7-8-17(12)23-2)11-13-5-4-6-15(18(13)20)19(22)24-3/h4-10H,11H2,1-3H3. The average Bonchev–Trinajstić information content (AvgIpc) is 3.00. The maximum Gasteiger partial charge on any atom is 0.340 e. The maximum absolute atomic E-state index is 14.6. The van der Waals surface area contributed by atoms with Crippen LogP contribution in [0.4, 0.5) is 4.39 Å². The molecule has 3 rings (SSSR count). The molecule has 0 N–H and O–H groups in total. The van der Waals surface area contributed by atoms with Gasteiger partial charge in [0.2, 0.25) is 0 Å². The van der Waals surface area contributed by atoms with Gasteiger partial charge in [-0.25, -0.2) is 9.18 Å². The number of benzene rings is 2. The quantitative estimate of drug-likeness (QED) is 0.682. The normalized spacial score (nSPS) is 10.8. The van der Waals surface area contributed by atoms with Gasteiger partial charge in [-0.15, -0.1) is 0 Å². The highest BCUT2D eigenvalue weighted by Gasteiger charge is 2.16. The number of fused-ring (bicyclic) bond motifs is 1. The lowest BCUT2D eigenvalue weighted by Gasteiger charge is -2.11. The molecule has 3 aromatic rings. The van der Waals surface area contributed by atoms with Gasteiger partial charge < -0.3 is 14.0 Å². The molecule has 2 aromatic carbocycles. The lowest BCUT2D eigenvalue weighted by molar-refractivity contribution is 0.0595. The first kappa shape index (κ1) is 16.1. The van der Waals surface area contributed by atoms with Gasteiger partial charge in [0, 0.05) is 28.2 Å². The van der Waals surface area contributed by atoms with E-state index in [9.17, 15) is 9.18 Å². The number of aryl methyl sites for hydroxylation is 1. The highest BCUT2D eigenvalue weighted by molar-refractivity contribution is 5.90. The van der Waals surface area contributed by atoms with Crippen LogP contribution in [0.15, 0.2) is 42.6 Å². The molecule has 124 valence electrons. The molecule has 1 aromatic heterocycles. The van der Waals surface area contributed by atoms with E-state index in [0.29, 0.717) is 12.1 Å². The number of carbonyl (C=O) groups is 1. The number of halogens is 1. The van der Waals surface area contributed by atoms with Crippen LogP contribution in [0.1, 0.15) is 21.5 Å². The van der Waals surface area contributed by atoms with Crippen LogP contribution in [0.5, 0.6) is 5.75 Å². The molecular formula is C19H18FNO3. The van der Waals surface area contributed by atoms with Gasteiger partial charge >= 0.3 is 5.97 Å². The van der Waals surface area contributed by atoms with E-state index in [-0.39, 0.29) is 5.56 Å². The van der Waals surface area contributed by atoms with Gasteiger partial charge in [-0.05, 0) is 31.2 Å². The molecule has 0 radical (unpaired) electrons. The van der Waals surface area contributed by atoms with Crippen molar-refractivity contribution in [3.05, 3.63) is 65.1 Å². The molecule has 0 atom stereocenters. The first-order valence-corrected chi connectivity index (χ1v) is 7.55. The smallest absolute Gasteiger partial charge is 0.340 e. The zero-order valence-corrected chi connectivity index (χ0v) is 13.8. The summed E-state index contributed by atoms with van der Waals surface area (Å²) in [5.74, 6) is -0.400. The second-order valence-electron chi connectivity index (χ2n) is 5.54. The van der Waals surface area contributed by atoms with Gasteiger partial charge in [0.1, 0.15) is 11.6 Å². The number of carbonyl (C=O) groups excluding carboxylic acids is 1. The number of ether oxygens (including phenoxy) is 2. The van der Waals surface area contributed by atoms with Crippen LogP contribution in [0.3, 0.4) is 0 Å². The van der Waals surface area contributed by atoms with Crippen molar-refractivity contribution in [1.82, 2.24) is 4.57 Å². The maximum atomic E-state index is 14.6. The Labute approximate surface area is 139 Å². The van der Waals surface area contributed by atoms with Crippen LogP contribution >= 0.6 is 0 Å². The molecule has 24 heavy (non-hydrogen) atoms. The van der Waals surface area contributed by atoms with Crippen molar-refractivity contribution in [1.29, 1.82) is 0 Å². The van der Waals surface area contributed by atoms with Gasteiger partial charge in [-0.2, -0.15) is 0 Å². The van der Waals surface area contributed by atoms with Crippen LogP contribution < -0.4 is 4.74 Å². The van der Waals surface area contributed by atoms with Gasteiger partial charge in [0.05, 0.1) is 26.3 Å². The number of nitrogens with zero attached hydrogens (tertiary/aromatic N) is 1. The van der Waals surface area contributed by atoms with Crippen molar-refractivity contribution in [2.45, 2.75) is 13.5 Å². The summed E-state index contributed by atoms with van der Waals surface area (Å²) in [4.78, 5) is 11.6. The van der Waals surface area contributed by atoms with Crippen molar-refractivity contribution in [3.8, 4) is 5.75 Å². The van der Waals surface area contributed by atoms with E-state index in [2.05, 4.69) is 4.74 Å². The van der Waals surface area contributed by atoms with Gasteiger partial charge in [0.25, 0.3) is 0 Å². The van der Waals surface area contributed by atoms with Gasteiger partial charge in [0.15, 0.2) is 0 Å². The third-order valence-electron chi connectivity index (χ3n) is 4.22. The van der Waals surface area contributed by atoms with Crippen LogP contribution in [0.25, 0.3) is 10.9 Å². The predicted molar refractivity (Wildman–Crippen MR) is 90.1 cm³/mol. The van der Waals surface area contributed by atoms with Crippen molar-refractivity contribution in [3.63, 3.8) is 0 Å². The fourth-order valence-corrected chi connectivity index (χ4v) is 2.91. The number of aromatic nitrogens is 1. The number of hydrogen-bond acceptors (Lipinski definition) is 3. The van der Waals surface area contributed by atoms with E-state index >= 15 is 0 Å². The van der Waals surface area contributed by atoms with E-state index < -0.39 is 11.8 Å². The Hall–Kier alpha value is -2.82. The van der Waals surface area contributed by atoms with Crippen LogP contribution in [-0.2, 0) is 11.3 Å². The molecule has 0 fully saturated rings. The highest BCUT2D eigenvalue weighted by atomic mass is 19.1. The third kappa shape index (κ3) is 2.62. The predicted octanol–water partition coefficient (Wildman–Crippen LogP) is 3.93. The molecule has 0 unspecified atom stereocenters. The van der Waals surface area contributed by atoms with Crippen LogP contribution in [0, 0.1) is 12.7 Å². The van der Waals surface area contributed by atoms with Crippen molar-refractivity contribution in [2.24, 2.45) is 0 Å². The summed E-state index contributed by atoms with van der Waals surface area (Å²) in [5.41, 5.74) is 2.40. The first-order chi connectivity index (χ1) is 11.6. The van der Waals surface area contributed by atoms with E-state index in [1.807, 2.05) is 35.9 Å². The monoisotopic (exact) mass is 327 g/mol. The molecule has 0 spiro atoms. The summed E-state index contributed by atoms with van der Waals surface area (Å²) in [5, 5.41) is 1.05. The van der Waals surface area contributed by atoms with Gasteiger partial charge in [-0.3, -0.25) is 0 Å². The van der Waals surface area contributed by atoms with E-state index in [1.165, 1.54) is 13.2 Å². The topological polar surface area (TPSA) is 40.5 Å². The molecule has 0 aliphatic heterocycles. The largest absolute Gasteiger partial charge is 0.496 e. The molecule has 0 aliphatic carbocycles.